The molecular formula is C21H27N7O4. The van der Waals surface area contributed by atoms with Crippen LogP contribution < -0.4 is 20.9 Å². The lowest BCUT2D eigenvalue weighted by Crippen LogP contribution is -2.56. The fourth-order valence-corrected chi connectivity index (χ4v) is 3.27. The van der Waals surface area contributed by atoms with Gasteiger partial charge in [0.2, 0.25) is 5.91 Å². The third-order valence-electron chi connectivity index (χ3n) is 5.12. The SMILES string of the molecule is CN[C@@H](C)C(=O)N[C@H](C(=O)N1c2ncccc2C[C@@H]1OC(=O)Nc1cncnc1)C(C)C. The molecule has 3 amide bonds. The first-order chi connectivity index (χ1) is 15.3. The number of hydrogen-bond acceptors (Lipinski definition) is 8. The molecule has 3 atom stereocenters. The number of likely N-dealkylation sites (N-methyl/N-ethyl adjacent to an activating group) is 1. The first kappa shape index (κ1) is 23.1. The van der Waals surface area contributed by atoms with Crippen molar-refractivity contribution in [2.45, 2.75) is 45.5 Å². The lowest BCUT2D eigenvalue weighted by molar-refractivity contribution is -0.130. The van der Waals surface area contributed by atoms with Crippen molar-refractivity contribution < 1.29 is 19.1 Å². The second-order valence-electron chi connectivity index (χ2n) is 7.75. The second kappa shape index (κ2) is 10.1. The minimum Gasteiger partial charge on any atom is -0.424 e. The maximum Gasteiger partial charge on any atom is 0.413 e. The minimum absolute atomic E-state index is 0.209. The first-order valence-corrected chi connectivity index (χ1v) is 10.3. The lowest BCUT2D eigenvalue weighted by Gasteiger charge is -2.31. The van der Waals surface area contributed by atoms with E-state index in [2.05, 4.69) is 30.9 Å². The highest BCUT2D eigenvalue weighted by atomic mass is 16.6. The van der Waals surface area contributed by atoms with E-state index in [0.29, 0.717) is 11.5 Å². The van der Waals surface area contributed by atoms with Crippen molar-refractivity contribution in [3.8, 4) is 0 Å². The molecule has 11 heteroatoms. The summed E-state index contributed by atoms with van der Waals surface area (Å²) in [7, 11) is 1.66. The number of rotatable bonds is 7. The van der Waals surface area contributed by atoms with Gasteiger partial charge in [0, 0.05) is 18.2 Å². The van der Waals surface area contributed by atoms with E-state index in [-0.39, 0.29) is 18.2 Å². The zero-order chi connectivity index (χ0) is 23.3. The number of carbonyl (C=O) groups excluding carboxylic acids is 3. The van der Waals surface area contributed by atoms with E-state index >= 15 is 0 Å². The summed E-state index contributed by atoms with van der Waals surface area (Å²) in [6.07, 6.45) is 4.35. The summed E-state index contributed by atoms with van der Waals surface area (Å²) < 4.78 is 5.57. The lowest BCUT2D eigenvalue weighted by atomic mass is 10.0. The largest absolute Gasteiger partial charge is 0.424 e. The van der Waals surface area contributed by atoms with Crippen LogP contribution in [0.1, 0.15) is 26.3 Å². The van der Waals surface area contributed by atoms with Crippen LogP contribution in [-0.4, -0.2) is 58.2 Å². The van der Waals surface area contributed by atoms with Gasteiger partial charge >= 0.3 is 6.09 Å². The molecule has 0 fully saturated rings. The molecule has 0 saturated carbocycles. The minimum atomic E-state index is -0.920. The highest BCUT2D eigenvalue weighted by Crippen LogP contribution is 2.32. The number of ether oxygens (including phenoxy) is 1. The normalized spacial score (nSPS) is 16.8. The van der Waals surface area contributed by atoms with Gasteiger partial charge < -0.3 is 15.4 Å². The zero-order valence-electron chi connectivity index (χ0n) is 18.4. The summed E-state index contributed by atoms with van der Waals surface area (Å²) in [5.41, 5.74) is 1.12. The van der Waals surface area contributed by atoms with Gasteiger partial charge in [0.1, 0.15) is 18.2 Å². The van der Waals surface area contributed by atoms with Crippen LogP contribution in [-0.2, 0) is 20.7 Å². The van der Waals surface area contributed by atoms with Gasteiger partial charge in [-0.05, 0) is 26.0 Å². The quantitative estimate of drug-likeness (QED) is 0.580. The number of aromatic nitrogens is 3. The number of fused-ring (bicyclic) bond motifs is 1. The van der Waals surface area contributed by atoms with Gasteiger partial charge in [-0.1, -0.05) is 19.9 Å². The van der Waals surface area contributed by atoms with Gasteiger partial charge in [-0.25, -0.2) is 19.7 Å². The van der Waals surface area contributed by atoms with Gasteiger partial charge in [0.15, 0.2) is 6.23 Å². The van der Waals surface area contributed by atoms with Crippen molar-refractivity contribution in [1.29, 1.82) is 0 Å². The standard InChI is InChI=1S/C21H27N7O4/c1-12(2)17(27-19(29)13(3)22-4)20(30)28-16(8-14-6-5-7-25-18(14)28)32-21(31)26-15-9-23-11-24-10-15/h5-7,9-13,16-17,22H,8H2,1-4H3,(H,26,31)(H,27,29)/t13-,16-,17-/m0/s1. The molecule has 3 rings (SSSR count). The number of hydrogen-bond donors (Lipinski definition) is 3. The van der Waals surface area contributed by atoms with Crippen LogP contribution in [0.3, 0.4) is 0 Å². The van der Waals surface area contributed by atoms with E-state index in [1.165, 1.54) is 23.6 Å². The average Bonchev–Trinajstić information content (AvgIpc) is 3.14. The zero-order valence-corrected chi connectivity index (χ0v) is 18.4. The van der Waals surface area contributed by atoms with E-state index in [9.17, 15) is 14.4 Å². The molecule has 1 aliphatic heterocycles. The Morgan fingerprint density at radius 3 is 2.56 bits per heavy atom. The van der Waals surface area contributed by atoms with Crippen LogP contribution in [0.5, 0.6) is 0 Å². The number of pyridine rings is 1. The molecule has 11 nitrogen and oxygen atoms in total. The number of nitrogens with one attached hydrogen (secondary N) is 3. The topological polar surface area (TPSA) is 138 Å². The van der Waals surface area contributed by atoms with E-state index < -0.39 is 30.3 Å². The molecular weight excluding hydrogens is 414 g/mol. The number of anilines is 2. The third-order valence-corrected chi connectivity index (χ3v) is 5.12. The smallest absolute Gasteiger partial charge is 0.413 e. The van der Waals surface area contributed by atoms with Crippen LogP contribution in [0.4, 0.5) is 16.3 Å². The molecule has 32 heavy (non-hydrogen) atoms. The Morgan fingerprint density at radius 1 is 1.19 bits per heavy atom. The van der Waals surface area contributed by atoms with Gasteiger partial charge in [-0.3, -0.25) is 19.8 Å². The number of carbonyl (C=O) groups is 3. The Kier molecular flexibility index (Phi) is 7.31. The molecule has 2 aromatic rings. The molecule has 0 aliphatic carbocycles. The highest BCUT2D eigenvalue weighted by Gasteiger charge is 2.41. The molecule has 0 unspecified atom stereocenters. The van der Waals surface area contributed by atoms with Crippen LogP contribution in [0.15, 0.2) is 37.1 Å². The van der Waals surface area contributed by atoms with Crippen molar-refractivity contribution in [1.82, 2.24) is 25.6 Å². The second-order valence-corrected chi connectivity index (χ2v) is 7.75. The van der Waals surface area contributed by atoms with E-state index in [1.54, 1.807) is 26.2 Å². The predicted octanol–water partition coefficient (Wildman–Crippen LogP) is 1.08. The van der Waals surface area contributed by atoms with Crippen LogP contribution in [0.25, 0.3) is 0 Å². The summed E-state index contributed by atoms with van der Waals surface area (Å²) in [4.78, 5) is 51.8. The molecule has 0 saturated heterocycles. The molecule has 3 heterocycles. The van der Waals surface area contributed by atoms with Gasteiger partial charge in [-0.2, -0.15) is 0 Å². The van der Waals surface area contributed by atoms with Crippen molar-refractivity contribution in [2.75, 3.05) is 17.3 Å². The molecule has 1 aliphatic rings. The Balaban J connectivity index is 1.82. The van der Waals surface area contributed by atoms with Gasteiger partial charge in [-0.15, -0.1) is 0 Å². The van der Waals surface area contributed by atoms with E-state index in [1.807, 2.05) is 19.9 Å². The summed E-state index contributed by atoms with van der Waals surface area (Å²) in [6, 6.07) is 2.27. The average molecular weight is 441 g/mol. The number of amides is 3. The van der Waals surface area contributed by atoms with Crippen molar-refractivity contribution in [2.24, 2.45) is 5.92 Å². The Morgan fingerprint density at radius 2 is 1.91 bits per heavy atom. The fraction of sp³-hybridized carbons (Fsp3) is 0.429. The molecule has 170 valence electrons. The molecule has 0 aromatic carbocycles. The number of nitrogens with zero attached hydrogens (tertiary/aromatic N) is 4. The Bertz CT molecular complexity index is 970. The van der Waals surface area contributed by atoms with Crippen LogP contribution in [0, 0.1) is 5.92 Å². The van der Waals surface area contributed by atoms with Crippen molar-refractivity contribution in [3.63, 3.8) is 0 Å². The van der Waals surface area contributed by atoms with E-state index in [4.69, 9.17) is 4.74 Å². The molecule has 2 aromatic heterocycles. The van der Waals surface area contributed by atoms with Crippen molar-refractivity contribution in [3.05, 3.63) is 42.6 Å². The molecule has 0 bridgehead atoms. The summed E-state index contributed by atoms with van der Waals surface area (Å²) in [5.74, 6) is -0.520. The molecule has 3 N–H and O–H groups in total. The first-order valence-electron chi connectivity index (χ1n) is 10.3. The summed E-state index contributed by atoms with van der Waals surface area (Å²) in [5, 5.41) is 8.19. The predicted molar refractivity (Wildman–Crippen MR) is 117 cm³/mol. The summed E-state index contributed by atoms with van der Waals surface area (Å²) in [6.45, 7) is 5.37. The third kappa shape index (κ3) is 5.17. The Hall–Kier alpha value is -3.60. The Labute approximate surface area is 186 Å². The molecule has 0 radical (unpaired) electrons. The van der Waals surface area contributed by atoms with E-state index in [0.717, 1.165) is 5.56 Å². The fourth-order valence-electron chi connectivity index (χ4n) is 3.27. The van der Waals surface area contributed by atoms with Gasteiger partial charge in [0.25, 0.3) is 5.91 Å². The monoisotopic (exact) mass is 441 g/mol. The maximum atomic E-state index is 13.6. The summed E-state index contributed by atoms with van der Waals surface area (Å²) >= 11 is 0. The molecule has 0 spiro atoms. The van der Waals surface area contributed by atoms with Crippen molar-refractivity contribution >= 4 is 29.4 Å². The maximum absolute atomic E-state index is 13.6. The highest BCUT2D eigenvalue weighted by molar-refractivity contribution is 6.01. The van der Waals surface area contributed by atoms with Crippen LogP contribution in [0.2, 0.25) is 0 Å². The van der Waals surface area contributed by atoms with Crippen LogP contribution >= 0.6 is 0 Å². The van der Waals surface area contributed by atoms with Gasteiger partial charge in [0.05, 0.1) is 24.1 Å².